The number of nitrogen functional groups attached to an aromatic ring is 1. The van der Waals surface area contributed by atoms with Crippen molar-refractivity contribution >= 4 is 22.5 Å². The third-order valence-electron chi connectivity index (χ3n) is 2.85. The number of carbonyl (C=O) groups excluding carboxylic acids is 1. The van der Waals surface area contributed by atoms with Crippen LogP contribution in [0.1, 0.15) is 16.2 Å². The van der Waals surface area contributed by atoms with Crippen LogP contribution in [0.25, 0.3) is 10.9 Å². The van der Waals surface area contributed by atoms with Crippen molar-refractivity contribution in [3.63, 3.8) is 0 Å². The predicted octanol–water partition coefficient (Wildman–Crippen LogP) is 1.67. The maximum atomic E-state index is 12.0. The number of rotatable bonds is 3. The summed E-state index contributed by atoms with van der Waals surface area (Å²) in [6.45, 7) is 0.295. The first kappa shape index (κ1) is 11.3. The topological polar surface area (TPSA) is 96.9 Å². The van der Waals surface area contributed by atoms with Gasteiger partial charge in [-0.25, -0.2) is 0 Å². The molecule has 1 amide bonds. The zero-order valence-electron chi connectivity index (χ0n) is 10.0. The van der Waals surface area contributed by atoms with Gasteiger partial charge >= 0.3 is 0 Å². The summed E-state index contributed by atoms with van der Waals surface area (Å²) in [5.41, 5.74) is 7.69. The number of hydrogen-bond acceptors (Lipinski definition) is 4. The number of anilines is 1. The summed E-state index contributed by atoms with van der Waals surface area (Å²) in [4.78, 5) is 15.0. The molecule has 4 N–H and O–H groups in total. The summed E-state index contributed by atoms with van der Waals surface area (Å²) in [5, 5.41) is 7.21. The van der Waals surface area contributed by atoms with E-state index in [1.807, 2.05) is 12.1 Å². The van der Waals surface area contributed by atoms with Crippen molar-refractivity contribution in [3.8, 4) is 0 Å². The molecule has 0 atom stereocenters. The highest BCUT2D eigenvalue weighted by molar-refractivity contribution is 6.00. The van der Waals surface area contributed by atoms with E-state index in [4.69, 9.17) is 10.3 Å². The molecule has 0 aliphatic heterocycles. The fourth-order valence-corrected chi connectivity index (χ4v) is 1.90. The van der Waals surface area contributed by atoms with Crippen LogP contribution in [0.4, 0.5) is 5.69 Å². The summed E-state index contributed by atoms with van der Waals surface area (Å²) in [5.74, 6) is 0.385. The number of hydrogen-bond donors (Lipinski definition) is 3. The van der Waals surface area contributed by atoms with E-state index in [9.17, 15) is 4.79 Å². The molecule has 0 saturated carbocycles. The fourth-order valence-electron chi connectivity index (χ4n) is 1.90. The Bertz CT molecular complexity index is 715. The average Bonchev–Trinajstić information content (AvgIpc) is 3.05. The zero-order valence-corrected chi connectivity index (χ0v) is 10.0. The zero-order chi connectivity index (χ0) is 13.2. The van der Waals surface area contributed by atoms with Crippen LogP contribution in [0, 0.1) is 0 Å². The molecule has 0 fully saturated rings. The van der Waals surface area contributed by atoms with E-state index in [0.717, 1.165) is 10.9 Å². The summed E-state index contributed by atoms with van der Waals surface area (Å²) in [6.07, 6.45) is 1.53. The van der Waals surface area contributed by atoms with Crippen molar-refractivity contribution < 1.29 is 9.32 Å². The van der Waals surface area contributed by atoms with Crippen LogP contribution in [-0.2, 0) is 6.54 Å². The van der Waals surface area contributed by atoms with Crippen molar-refractivity contribution in [2.24, 2.45) is 0 Å². The summed E-state index contributed by atoms with van der Waals surface area (Å²) in [7, 11) is 0. The number of carbonyl (C=O) groups is 1. The quantitative estimate of drug-likeness (QED) is 0.621. The highest BCUT2D eigenvalue weighted by atomic mass is 16.5. The molecule has 2 heterocycles. The van der Waals surface area contributed by atoms with Gasteiger partial charge in [0.1, 0.15) is 5.69 Å². The van der Waals surface area contributed by atoms with E-state index in [1.165, 1.54) is 6.20 Å². The van der Waals surface area contributed by atoms with Crippen molar-refractivity contribution in [2.75, 3.05) is 5.73 Å². The molecule has 0 aliphatic rings. The Kier molecular flexibility index (Phi) is 2.68. The lowest BCUT2D eigenvalue weighted by atomic mass is 10.2. The van der Waals surface area contributed by atoms with E-state index in [-0.39, 0.29) is 5.91 Å². The average molecular weight is 256 g/mol. The summed E-state index contributed by atoms with van der Waals surface area (Å²) < 4.78 is 4.90. The SMILES string of the molecule is Nc1cccc2cc(C(=O)NCc3ccno3)[nH]c12. The van der Waals surface area contributed by atoms with Gasteiger partial charge in [0.2, 0.25) is 0 Å². The van der Waals surface area contributed by atoms with Crippen LogP contribution in [0.2, 0.25) is 0 Å². The molecule has 0 unspecified atom stereocenters. The lowest BCUT2D eigenvalue weighted by Gasteiger charge is -1.99. The molecule has 0 radical (unpaired) electrons. The van der Waals surface area contributed by atoms with Crippen molar-refractivity contribution in [1.82, 2.24) is 15.5 Å². The smallest absolute Gasteiger partial charge is 0.268 e. The Balaban J connectivity index is 1.80. The Labute approximate surface area is 108 Å². The first-order valence-corrected chi connectivity index (χ1v) is 5.79. The highest BCUT2D eigenvalue weighted by Gasteiger charge is 2.11. The second-order valence-electron chi connectivity index (χ2n) is 4.16. The number of para-hydroxylation sites is 1. The van der Waals surface area contributed by atoms with E-state index < -0.39 is 0 Å². The minimum atomic E-state index is -0.216. The van der Waals surface area contributed by atoms with Crippen LogP contribution >= 0.6 is 0 Å². The molecule has 3 rings (SSSR count). The molecule has 96 valence electrons. The maximum absolute atomic E-state index is 12.0. The molecule has 3 aromatic rings. The third kappa shape index (κ3) is 2.15. The number of aromatic nitrogens is 2. The Morgan fingerprint density at radius 2 is 2.32 bits per heavy atom. The number of amides is 1. The molecule has 19 heavy (non-hydrogen) atoms. The van der Waals surface area contributed by atoms with Gasteiger partial charge < -0.3 is 20.6 Å². The van der Waals surface area contributed by atoms with Crippen molar-refractivity contribution in [3.05, 3.63) is 48.0 Å². The molecule has 0 saturated heterocycles. The molecular weight excluding hydrogens is 244 g/mol. The van der Waals surface area contributed by atoms with E-state index in [0.29, 0.717) is 23.7 Å². The number of aromatic amines is 1. The predicted molar refractivity (Wildman–Crippen MR) is 70.4 cm³/mol. The number of nitrogens with zero attached hydrogens (tertiary/aromatic N) is 1. The first-order valence-electron chi connectivity index (χ1n) is 5.79. The number of H-pyrrole nitrogens is 1. The second kappa shape index (κ2) is 4.49. The van der Waals surface area contributed by atoms with Gasteiger partial charge in [0.05, 0.1) is 23.9 Å². The van der Waals surface area contributed by atoms with Gasteiger partial charge in [-0.3, -0.25) is 4.79 Å². The number of nitrogens with one attached hydrogen (secondary N) is 2. The van der Waals surface area contributed by atoms with Crippen LogP contribution in [0.15, 0.2) is 41.1 Å². The van der Waals surface area contributed by atoms with Crippen molar-refractivity contribution in [1.29, 1.82) is 0 Å². The monoisotopic (exact) mass is 256 g/mol. The second-order valence-corrected chi connectivity index (χ2v) is 4.16. The molecule has 6 heteroatoms. The molecule has 1 aromatic carbocycles. The van der Waals surface area contributed by atoms with Gasteiger partial charge in [0.15, 0.2) is 5.76 Å². The molecule has 6 nitrogen and oxygen atoms in total. The molecular formula is C13H12N4O2. The largest absolute Gasteiger partial charge is 0.397 e. The highest BCUT2D eigenvalue weighted by Crippen LogP contribution is 2.20. The number of benzene rings is 1. The molecule has 0 spiro atoms. The van der Waals surface area contributed by atoms with E-state index in [1.54, 1.807) is 18.2 Å². The van der Waals surface area contributed by atoms with Gasteiger partial charge in [-0.15, -0.1) is 0 Å². The van der Waals surface area contributed by atoms with Crippen LogP contribution in [0.5, 0.6) is 0 Å². The van der Waals surface area contributed by atoms with E-state index in [2.05, 4.69) is 15.5 Å². The number of nitrogens with two attached hydrogens (primary N) is 1. The molecule has 0 bridgehead atoms. The van der Waals surface area contributed by atoms with Crippen LogP contribution < -0.4 is 11.1 Å². The van der Waals surface area contributed by atoms with Gasteiger partial charge in [0.25, 0.3) is 5.91 Å². The minimum absolute atomic E-state index is 0.216. The van der Waals surface area contributed by atoms with E-state index >= 15 is 0 Å². The van der Waals surface area contributed by atoms with Crippen LogP contribution in [0.3, 0.4) is 0 Å². The first-order chi connectivity index (χ1) is 9.24. The maximum Gasteiger partial charge on any atom is 0.268 e. The summed E-state index contributed by atoms with van der Waals surface area (Å²) >= 11 is 0. The fraction of sp³-hybridized carbons (Fsp3) is 0.0769. The molecule has 0 aliphatic carbocycles. The van der Waals surface area contributed by atoms with Crippen LogP contribution in [-0.4, -0.2) is 16.0 Å². The molecule has 2 aromatic heterocycles. The normalized spacial score (nSPS) is 10.7. The number of fused-ring (bicyclic) bond motifs is 1. The standard InChI is InChI=1S/C13H12N4O2/c14-10-3-1-2-8-6-11(17-12(8)10)13(18)15-7-9-4-5-16-19-9/h1-6,17H,7,14H2,(H,15,18). The van der Waals surface area contributed by atoms with Gasteiger partial charge in [-0.1, -0.05) is 17.3 Å². The van der Waals surface area contributed by atoms with Crippen molar-refractivity contribution in [2.45, 2.75) is 6.54 Å². The van der Waals surface area contributed by atoms with Gasteiger partial charge in [-0.05, 0) is 12.1 Å². The Morgan fingerprint density at radius 3 is 3.05 bits per heavy atom. The van der Waals surface area contributed by atoms with Gasteiger partial charge in [-0.2, -0.15) is 0 Å². The Hall–Kier alpha value is -2.76. The lowest BCUT2D eigenvalue weighted by Crippen LogP contribution is -2.22. The third-order valence-corrected chi connectivity index (χ3v) is 2.85. The minimum Gasteiger partial charge on any atom is -0.397 e. The summed E-state index contributed by atoms with van der Waals surface area (Å²) in [6, 6.07) is 9.00. The lowest BCUT2D eigenvalue weighted by molar-refractivity contribution is 0.0943. The van der Waals surface area contributed by atoms with Gasteiger partial charge in [0, 0.05) is 11.5 Å². The Morgan fingerprint density at radius 1 is 1.42 bits per heavy atom.